The molecule has 0 aromatic heterocycles. The van der Waals surface area contributed by atoms with Crippen LogP contribution in [0, 0.1) is 12.3 Å². The molecule has 0 saturated carbocycles. The minimum Gasteiger partial charge on any atom is -0.444 e. The van der Waals surface area contributed by atoms with Crippen molar-refractivity contribution in [1.29, 1.82) is 0 Å². The van der Waals surface area contributed by atoms with Crippen molar-refractivity contribution < 1.29 is 19.1 Å². The number of carbonyl (C=O) groups excluding carboxylic acids is 3. The van der Waals surface area contributed by atoms with E-state index >= 15 is 0 Å². The predicted molar refractivity (Wildman–Crippen MR) is 126 cm³/mol. The molecule has 1 unspecified atom stereocenters. The first-order chi connectivity index (χ1) is 14.7. The Bertz CT molecular complexity index is 863. The summed E-state index contributed by atoms with van der Waals surface area (Å²) in [6.07, 6.45) is 5.58. The van der Waals surface area contributed by atoms with Crippen LogP contribution in [0.15, 0.2) is 24.3 Å². The molecule has 7 heteroatoms. The number of terminal acetylenes is 1. The van der Waals surface area contributed by atoms with Crippen LogP contribution in [0.5, 0.6) is 0 Å². The lowest BCUT2D eigenvalue weighted by atomic mass is 9.91. The minimum atomic E-state index is -0.965. The standard InChI is InChI=1S/C25H37N3O4/c1-10-18-14-12-13-15-19(18)21(22(30)27-17(3)4)28(25(8,9)11-2)20(29)16-26-23(31)32-24(5,6)7/h1,12-15,17,21H,11,16H2,2-9H3,(H,26,31)(H,27,30). The van der Waals surface area contributed by atoms with Crippen molar-refractivity contribution in [2.24, 2.45) is 0 Å². The Kier molecular flexibility index (Phi) is 9.32. The van der Waals surface area contributed by atoms with E-state index in [1.165, 1.54) is 4.90 Å². The molecule has 0 spiro atoms. The zero-order valence-electron chi connectivity index (χ0n) is 20.5. The molecule has 2 N–H and O–H groups in total. The maximum absolute atomic E-state index is 13.4. The van der Waals surface area contributed by atoms with Gasteiger partial charge in [-0.1, -0.05) is 31.0 Å². The summed E-state index contributed by atoms with van der Waals surface area (Å²) in [5.41, 5.74) is -0.310. The molecule has 1 rings (SSSR count). The molecule has 32 heavy (non-hydrogen) atoms. The summed E-state index contributed by atoms with van der Waals surface area (Å²) in [4.78, 5) is 40.4. The van der Waals surface area contributed by atoms with Crippen LogP contribution in [0.3, 0.4) is 0 Å². The maximum Gasteiger partial charge on any atom is 0.408 e. The van der Waals surface area contributed by atoms with E-state index < -0.39 is 29.2 Å². The van der Waals surface area contributed by atoms with Gasteiger partial charge >= 0.3 is 6.09 Å². The Labute approximate surface area is 192 Å². The van der Waals surface area contributed by atoms with E-state index in [1.54, 1.807) is 45.0 Å². The fourth-order valence-corrected chi connectivity index (χ4v) is 3.18. The molecule has 1 aromatic carbocycles. The van der Waals surface area contributed by atoms with E-state index in [0.717, 1.165) is 0 Å². The van der Waals surface area contributed by atoms with Crippen molar-refractivity contribution in [3.63, 3.8) is 0 Å². The SMILES string of the molecule is C#Cc1ccccc1C(C(=O)NC(C)C)N(C(=O)CNC(=O)OC(C)(C)C)C(C)(C)CC. The molecule has 1 aromatic rings. The number of amides is 3. The number of nitrogens with zero attached hydrogens (tertiary/aromatic N) is 1. The molecule has 0 radical (unpaired) electrons. The first-order valence-electron chi connectivity index (χ1n) is 10.9. The van der Waals surface area contributed by atoms with Crippen LogP contribution in [-0.2, 0) is 14.3 Å². The van der Waals surface area contributed by atoms with Gasteiger partial charge in [-0.15, -0.1) is 6.42 Å². The van der Waals surface area contributed by atoms with E-state index in [4.69, 9.17) is 11.2 Å². The average molecular weight is 444 g/mol. The highest BCUT2D eigenvalue weighted by Gasteiger charge is 2.41. The molecule has 7 nitrogen and oxygen atoms in total. The molecular weight excluding hydrogens is 406 g/mol. The molecule has 0 bridgehead atoms. The first kappa shape index (κ1) is 27.0. The second kappa shape index (κ2) is 11.0. The molecule has 0 aliphatic carbocycles. The Hall–Kier alpha value is -3.01. The quantitative estimate of drug-likeness (QED) is 0.599. The maximum atomic E-state index is 13.4. The van der Waals surface area contributed by atoms with Gasteiger partial charge < -0.3 is 20.3 Å². The highest BCUT2D eigenvalue weighted by Crippen LogP contribution is 2.33. The highest BCUT2D eigenvalue weighted by molar-refractivity contribution is 5.91. The molecular formula is C25H37N3O4. The fourth-order valence-electron chi connectivity index (χ4n) is 3.18. The summed E-state index contributed by atoms with van der Waals surface area (Å²) in [5, 5.41) is 5.41. The normalized spacial score (nSPS) is 12.5. The zero-order valence-corrected chi connectivity index (χ0v) is 20.5. The van der Waals surface area contributed by atoms with Crippen molar-refractivity contribution in [2.45, 2.75) is 85.0 Å². The van der Waals surface area contributed by atoms with Crippen LogP contribution in [0.2, 0.25) is 0 Å². The van der Waals surface area contributed by atoms with Crippen molar-refractivity contribution in [2.75, 3.05) is 6.54 Å². The lowest BCUT2D eigenvalue weighted by Gasteiger charge is -2.43. The Balaban J connectivity index is 3.44. The molecule has 0 fully saturated rings. The van der Waals surface area contributed by atoms with Crippen LogP contribution in [0.1, 0.15) is 79.0 Å². The molecule has 0 heterocycles. The fraction of sp³-hybridized carbons (Fsp3) is 0.560. The topological polar surface area (TPSA) is 87.7 Å². The first-order valence-corrected chi connectivity index (χ1v) is 10.9. The Morgan fingerprint density at radius 2 is 1.72 bits per heavy atom. The van der Waals surface area contributed by atoms with Crippen LogP contribution < -0.4 is 10.6 Å². The summed E-state index contributed by atoms with van der Waals surface area (Å²) in [6, 6.07) is 5.97. The van der Waals surface area contributed by atoms with Crippen LogP contribution in [0.25, 0.3) is 0 Å². The third-order valence-electron chi connectivity index (χ3n) is 4.92. The number of hydrogen-bond donors (Lipinski definition) is 2. The van der Waals surface area contributed by atoms with Gasteiger partial charge in [0.05, 0.1) is 0 Å². The van der Waals surface area contributed by atoms with E-state index in [0.29, 0.717) is 17.5 Å². The van der Waals surface area contributed by atoms with E-state index in [-0.39, 0.29) is 18.5 Å². The largest absolute Gasteiger partial charge is 0.444 e. The summed E-state index contributed by atoms with van der Waals surface area (Å²) in [5.74, 6) is 1.86. The average Bonchev–Trinajstić information content (AvgIpc) is 2.68. The van der Waals surface area contributed by atoms with Crippen molar-refractivity contribution in [3.05, 3.63) is 35.4 Å². The third kappa shape index (κ3) is 7.60. The highest BCUT2D eigenvalue weighted by atomic mass is 16.6. The molecule has 0 aliphatic rings. The second-order valence-corrected chi connectivity index (χ2v) is 9.58. The van der Waals surface area contributed by atoms with Gasteiger partial charge in [0.15, 0.2) is 0 Å². The number of nitrogens with one attached hydrogen (secondary N) is 2. The minimum absolute atomic E-state index is 0.135. The summed E-state index contributed by atoms with van der Waals surface area (Å²) in [7, 11) is 0. The summed E-state index contributed by atoms with van der Waals surface area (Å²) in [6.45, 7) is 14.3. The molecule has 3 amide bonds. The summed E-state index contributed by atoms with van der Waals surface area (Å²) < 4.78 is 5.23. The van der Waals surface area contributed by atoms with Gasteiger partial charge in [-0.05, 0) is 66.5 Å². The number of carbonyl (C=O) groups is 3. The molecule has 0 saturated heterocycles. The number of hydrogen-bond acceptors (Lipinski definition) is 4. The van der Waals surface area contributed by atoms with Gasteiger partial charge in [0.2, 0.25) is 11.8 Å². The lowest BCUT2D eigenvalue weighted by Crippen LogP contribution is -2.56. The third-order valence-corrected chi connectivity index (χ3v) is 4.92. The monoisotopic (exact) mass is 443 g/mol. The van der Waals surface area contributed by atoms with E-state index in [1.807, 2.05) is 34.6 Å². The zero-order chi connectivity index (χ0) is 24.7. The number of ether oxygens (including phenoxy) is 1. The smallest absolute Gasteiger partial charge is 0.408 e. The van der Waals surface area contributed by atoms with Crippen molar-refractivity contribution in [3.8, 4) is 12.3 Å². The molecule has 0 aliphatic heterocycles. The molecule has 176 valence electrons. The van der Waals surface area contributed by atoms with Crippen molar-refractivity contribution >= 4 is 17.9 Å². The Morgan fingerprint density at radius 3 is 2.22 bits per heavy atom. The van der Waals surface area contributed by atoms with Gasteiger partial charge in [-0.3, -0.25) is 9.59 Å². The van der Waals surface area contributed by atoms with Gasteiger partial charge in [0, 0.05) is 17.1 Å². The number of alkyl carbamates (subject to hydrolysis) is 1. The lowest BCUT2D eigenvalue weighted by molar-refractivity contribution is -0.147. The van der Waals surface area contributed by atoms with Crippen LogP contribution in [0.4, 0.5) is 4.79 Å². The van der Waals surface area contributed by atoms with Gasteiger partial charge in [-0.25, -0.2) is 4.79 Å². The van der Waals surface area contributed by atoms with Gasteiger partial charge in [0.25, 0.3) is 0 Å². The number of benzene rings is 1. The van der Waals surface area contributed by atoms with Gasteiger partial charge in [0.1, 0.15) is 18.2 Å². The van der Waals surface area contributed by atoms with Crippen molar-refractivity contribution in [1.82, 2.24) is 15.5 Å². The van der Waals surface area contributed by atoms with Gasteiger partial charge in [-0.2, -0.15) is 0 Å². The summed E-state index contributed by atoms with van der Waals surface area (Å²) >= 11 is 0. The molecule has 1 atom stereocenters. The van der Waals surface area contributed by atoms with E-state index in [9.17, 15) is 14.4 Å². The van der Waals surface area contributed by atoms with E-state index in [2.05, 4.69) is 16.6 Å². The predicted octanol–water partition coefficient (Wildman–Crippen LogP) is 3.78. The Morgan fingerprint density at radius 1 is 1.12 bits per heavy atom. The number of rotatable bonds is 8. The van der Waals surface area contributed by atoms with Crippen LogP contribution in [-0.4, -0.2) is 46.5 Å². The second-order valence-electron chi connectivity index (χ2n) is 9.58. The van der Waals surface area contributed by atoms with Crippen LogP contribution >= 0.6 is 0 Å².